The highest BCUT2D eigenvalue weighted by atomic mass is 32.2. The summed E-state index contributed by atoms with van der Waals surface area (Å²) < 4.78 is 53.2. The molecule has 8 aliphatic heterocycles. The van der Waals surface area contributed by atoms with Gasteiger partial charge >= 0.3 is 0 Å². The maximum absolute atomic E-state index is 15.2. The molecular formula is C108H113FN18O12S. The first-order valence-electron chi connectivity index (χ1n) is 46.5. The molecule has 0 radical (unpaired) electrons. The summed E-state index contributed by atoms with van der Waals surface area (Å²) in [6.45, 7) is 16.7. The number of nitrogens with one attached hydrogen (secondary N) is 13. The number of methoxy groups -OCH3 is 1. The molecule has 6 atom stereocenters. The first-order valence-corrected chi connectivity index (χ1v) is 48.4. The van der Waals surface area contributed by atoms with Crippen molar-refractivity contribution >= 4 is 143 Å². The number of nitrogens with two attached hydrogens (primary N) is 1. The molecule has 0 saturated carbocycles. The number of amides is 8. The molecule has 8 aliphatic rings. The summed E-state index contributed by atoms with van der Waals surface area (Å²) in [7, 11) is -1.67. The number of primary amides is 1. The number of nitriles is 1. The average molecular weight is 1910 g/mol. The molecule has 2 saturated heterocycles. The van der Waals surface area contributed by atoms with Gasteiger partial charge in [-0.2, -0.15) is 10.4 Å². The van der Waals surface area contributed by atoms with Crippen LogP contribution in [0.15, 0.2) is 243 Å². The van der Waals surface area contributed by atoms with E-state index in [1.54, 1.807) is 92.9 Å². The van der Waals surface area contributed by atoms with E-state index in [1.165, 1.54) is 0 Å². The van der Waals surface area contributed by atoms with E-state index in [0.29, 0.717) is 89.5 Å². The molecule has 140 heavy (non-hydrogen) atoms. The predicted octanol–water partition coefficient (Wildman–Crippen LogP) is 19.5. The monoisotopic (exact) mass is 1900 g/mol. The van der Waals surface area contributed by atoms with Crippen molar-refractivity contribution in [1.82, 2.24) is 14.7 Å². The van der Waals surface area contributed by atoms with Gasteiger partial charge in [0.2, 0.25) is 51.4 Å². The Morgan fingerprint density at radius 1 is 0.450 bits per heavy atom. The van der Waals surface area contributed by atoms with E-state index in [9.17, 15) is 46.8 Å². The summed E-state index contributed by atoms with van der Waals surface area (Å²) >= 11 is 0. The number of carbonyl (C=O) groups is 8. The zero-order valence-corrected chi connectivity index (χ0v) is 80.0. The molecule has 2 fully saturated rings. The van der Waals surface area contributed by atoms with Crippen LogP contribution >= 0.6 is 0 Å². The van der Waals surface area contributed by atoms with Crippen LogP contribution in [-0.2, 0) is 43.5 Å². The molecular weight excluding hydrogens is 1790 g/mol. The molecule has 0 unspecified atom stereocenters. The van der Waals surface area contributed by atoms with Crippen LogP contribution in [0.4, 0.5) is 78.3 Å². The van der Waals surface area contributed by atoms with Crippen molar-refractivity contribution in [2.45, 2.75) is 142 Å². The highest BCUT2D eigenvalue weighted by molar-refractivity contribution is 7.92. The van der Waals surface area contributed by atoms with Gasteiger partial charge in [-0.05, 0) is 186 Å². The number of fused-ring (bicyclic) bond motifs is 6. The van der Waals surface area contributed by atoms with Crippen LogP contribution in [0.1, 0.15) is 143 Å². The topological polar surface area (TPSA) is 416 Å². The smallest absolute Gasteiger partial charge is 0.253 e. The fraction of sp³-hybridized carbons (Fsp3) is 0.259. The second-order valence-electron chi connectivity index (χ2n) is 35.9. The molecule has 0 bridgehead atoms. The van der Waals surface area contributed by atoms with Crippen LogP contribution in [0.5, 0.6) is 5.75 Å². The van der Waals surface area contributed by atoms with Crippen molar-refractivity contribution in [3.63, 3.8) is 0 Å². The van der Waals surface area contributed by atoms with Crippen LogP contribution in [0.25, 0.3) is 67.0 Å². The van der Waals surface area contributed by atoms with Gasteiger partial charge < -0.3 is 83.9 Å². The predicted molar refractivity (Wildman–Crippen MR) is 553 cm³/mol. The van der Waals surface area contributed by atoms with E-state index in [2.05, 4.69) is 85.8 Å². The number of allylic oxidation sites excluding steroid dienone is 1. The molecule has 12 aromatic rings. The second-order valence-corrected chi connectivity index (χ2v) is 37.6. The number of nitrogens with zero attached hydrogens (tertiary/aromatic N) is 4. The third kappa shape index (κ3) is 24.4. The molecule has 1 aromatic heterocycles. The van der Waals surface area contributed by atoms with Gasteiger partial charge in [0.25, 0.3) is 5.91 Å². The Labute approximate surface area is 812 Å². The molecule has 30 nitrogen and oxygen atoms in total. The maximum Gasteiger partial charge on any atom is 0.253 e. The lowest BCUT2D eigenvalue weighted by Gasteiger charge is -2.25. The van der Waals surface area contributed by atoms with Crippen LogP contribution in [0, 0.1) is 11.3 Å². The minimum Gasteiger partial charge on any atom is -0.496 e. The van der Waals surface area contributed by atoms with E-state index in [0.717, 1.165) is 169 Å². The molecule has 20 rings (SSSR count). The highest BCUT2D eigenvalue weighted by Gasteiger charge is 2.31. The normalized spacial score (nSPS) is 18.2. The molecule has 720 valence electrons. The van der Waals surface area contributed by atoms with Gasteiger partial charge in [0.15, 0.2) is 0 Å². The fourth-order valence-corrected chi connectivity index (χ4v) is 18.2. The first kappa shape index (κ1) is 98.4. The van der Waals surface area contributed by atoms with E-state index in [-0.39, 0.29) is 83.4 Å². The van der Waals surface area contributed by atoms with Crippen LogP contribution in [0.2, 0.25) is 0 Å². The van der Waals surface area contributed by atoms with Gasteiger partial charge in [-0.15, -0.1) is 0 Å². The molecule has 9 heterocycles. The second kappa shape index (κ2) is 44.3. The third-order valence-electron chi connectivity index (χ3n) is 24.4. The number of aromatic nitrogens is 2. The summed E-state index contributed by atoms with van der Waals surface area (Å²) in [4.78, 5) is 97.1. The third-order valence-corrected chi connectivity index (χ3v) is 25.0. The summed E-state index contributed by atoms with van der Waals surface area (Å²) in [5, 5.41) is 51.1. The molecule has 15 N–H and O–H groups in total. The lowest BCUT2D eigenvalue weighted by Crippen LogP contribution is -2.30. The number of halogens is 1. The van der Waals surface area contributed by atoms with Gasteiger partial charge in [0.05, 0.1) is 119 Å². The van der Waals surface area contributed by atoms with E-state index in [4.69, 9.17) is 20.5 Å². The van der Waals surface area contributed by atoms with Crippen LogP contribution in [-0.4, -0.2) is 146 Å². The van der Waals surface area contributed by atoms with Gasteiger partial charge in [-0.25, -0.2) is 12.8 Å². The number of para-hydroxylation sites is 7. The van der Waals surface area contributed by atoms with Crippen molar-refractivity contribution in [1.29, 1.82) is 5.26 Å². The Kier molecular flexibility index (Phi) is 31.2. The van der Waals surface area contributed by atoms with Crippen molar-refractivity contribution in [3.8, 4) is 67.5 Å². The summed E-state index contributed by atoms with van der Waals surface area (Å²) in [5.41, 5.74) is 28.5. The largest absolute Gasteiger partial charge is 0.496 e. The van der Waals surface area contributed by atoms with Crippen molar-refractivity contribution in [2.24, 2.45) is 5.73 Å². The maximum atomic E-state index is 15.2. The molecule has 0 spiro atoms. The summed E-state index contributed by atoms with van der Waals surface area (Å²) in [5.74, 6) is 0.0627. The van der Waals surface area contributed by atoms with Gasteiger partial charge in [-0.1, -0.05) is 133 Å². The highest BCUT2D eigenvalue weighted by Crippen LogP contribution is 2.46. The van der Waals surface area contributed by atoms with E-state index < -0.39 is 15.9 Å². The molecule has 11 aromatic carbocycles. The summed E-state index contributed by atoms with van der Waals surface area (Å²) in [6.07, 6.45) is 9.71. The number of anilines is 13. The lowest BCUT2D eigenvalue weighted by molar-refractivity contribution is -0.117. The van der Waals surface area contributed by atoms with Gasteiger partial charge in [0.1, 0.15) is 11.6 Å². The average Bonchev–Trinajstić information content (AvgIpc) is 1.52. The first-order chi connectivity index (χ1) is 67.4. The summed E-state index contributed by atoms with van der Waals surface area (Å²) in [6, 6.07) is 73.6. The SMILES string of the molecule is C/C(=C(/F)c1cccc2c1N[C@H](C)CC(=O)N2)c1ccc(C#N)cc1.COc1ccccc1-c1cccc2c1N[C@H](C)CC(=O)N2.C[C@@H]1CC(=O)Nc2cccc(-c3ccc(C(=O)N4CCCC4)cc3)c2N1.C[C@@H]1CC(=O)Nc2cccc(-c3cccc(C(N)=O)c3)c2N1.C[C@@H]1CC(=O)Nc2cccc(-c3cccc(NS(C)(=O)=O)c3)c2N1.C[C@@H]1CC(=O)Nc2cccc(-c3cnn(C4COC4)c3)c2N1. The number of ether oxygens (including phenoxy) is 2. The Bertz CT molecular complexity index is 6890. The number of likely N-dealkylation sites (tertiary alicyclic amines) is 1. The zero-order valence-electron chi connectivity index (χ0n) is 79.2. The van der Waals surface area contributed by atoms with Crippen molar-refractivity contribution in [3.05, 3.63) is 271 Å². The quantitative estimate of drug-likeness (QED) is 0.0477. The van der Waals surface area contributed by atoms with Crippen LogP contribution in [0.3, 0.4) is 0 Å². The molecule has 0 aliphatic carbocycles. The Hall–Kier alpha value is -16.1. The fourth-order valence-electron chi connectivity index (χ4n) is 17.6. The van der Waals surface area contributed by atoms with E-state index in [1.807, 2.05) is 209 Å². The number of sulfonamides is 1. The number of rotatable bonds is 13. The van der Waals surface area contributed by atoms with E-state index >= 15 is 4.39 Å². The standard InChI is InChI=1S/C21H23N3O2.C20H18FN3O.C17H19N3O3S.C17H17N3O2.C17H18N2O2.C16H18N4O2/c1-14-13-19(25)23-18-6-4-5-17(20(18)22-14)15-7-9-16(10-8-15)21(26)24-11-2-3-12-24;1-12-10-18(25)24-17-5-3-4-16(20(17)23-12)19(21)13(2)15-8-6-14(11-22)7-9-15;1-11-9-16(21)19-15-8-4-7-14(17(15)18-11)12-5-3-6-13(10-12)20-24(2,22)23;1-10-8-15(21)20-14-7-3-6-13(16(14)19-10)11-4-2-5-12(9-11)17(18)22;1-11-10-16(20)19-14-8-5-7-13(17(14)18-11)12-6-3-4-9-15(12)21-2;1-10-5-15(21)19-14-4-2-3-13(16(14)18-10)11-6-17-20(7-11)12-8-22-9-12/h4-10,14,22H,2-3,11-13H2,1H3,(H,23,25);3-9,12,23H,10H2,1-2H3,(H,24,25);3-8,10-11,18,20H,9H2,1-2H3,(H,19,21);2-7,9-10,19H,8H2,1H3,(H2,18,22)(H,20,21);3-9,11,18H,10H2,1-2H3,(H,19,20);2-4,6-7,10,12,18H,5,8-9H2,1H3,(H,19,21)/b;19-13-;;;;/t14-;12-;11-;10-;11-;10-/m111111/s1. The number of benzene rings is 11. The van der Waals surface area contributed by atoms with Gasteiger partial charge in [0, 0.05) is 155 Å². The number of hydrogen-bond donors (Lipinski definition) is 14. The Morgan fingerprint density at radius 2 is 0.829 bits per heavy atom. The Balaban J connectivity index is 0.000000127. The Morgan fingerprint density at radius 3 is 1.26 bits per heavy atom. The van der Waals surface area contributed by atoms with Gasteiger partial charge in [-0.3, -0.25) is 47.8 Å². The van der Waals surface area contributed by atoms with Crippen molar-refractivity contribution < 1.29 is 60.6 Å². The minimum atomic E-state index is -3.34. The number of carbonyl (C=O) groups excluding carboxylic acids is 8. The molecule has 32 heteroatoms. The van der Waals surface area contributed by atoms with Crippen LogP contribution < -0.4 is 79.0 Å². The molecule has 8 amide bonds. The number of hydrogen-bond acceptors (Lipinski definition) is 20. The minimum absolute atomic E-state index is 0.00438. The lowest BCUT2D eigenvalue weighted by atomic mass is 10.00. The zero-order chi connectivity index (χ0) is 99.0. The van der Waals surface area contributed by atoms with Crippen molar-refractivity contribution in [2.75, 3.05) is 108 Å².